The van der Waals surface area contributed by atoms with Crippen molar-refractivity contribution in [3.05, 3.63) is 35.9 Å². The standard InChI is InChI=1S/C22H36N2O2/c1-9-22(10-2)19(25)23(20(4,5)6)16-21(7,8)24(22)26-17(3)18-14-12-11-13-15-18/h11-15,17H,9-10,16H2,1-8H3. The summed E-state index contributed by atoms with van der Waals surface area (Å²) in [5, 5.41) is 2.02. The number of carbonyl (C=O) groups excluding carboxylic acids is 1. The van der Waals surface area contributed by atoms with Crippen LogP contribution in [0.25, 0.3) is 0 Å². The molecule has 0 aromatic heterocycles. The summed E-state index contributed by atoms with van der Waals surface area (Å²) in [6, 6.07) is 10.2. The van der Waals surface area contributed by atoms with Gasteiger partial charge in [-0.15, -0.1) is 0 Å². The van der Waals surface area contributed by atoms with E-state index in [2.05, 4.69) is 67.5 Å². The van der Waals surface area contributed by atoms with Crippen molar-refractivity contribution in [3.8, 4) is 0 Å². The van der Waals surface area contributed by atoms with E-state index in [4.69, 9.17) is 4.84 Å². The summed E-state index contributed by atoms with van der Waals surface area (Å²) >= 11 is 0. The first-order valence-corrected chi connectivity index (χ1v) is 9.83. The molecule has 146 valence electrons. The van der Waals surface area contributed by atoms with Gasteiger partial charge in [0.1, 0.15) is 11.6 Å². The fourth-order valence-corrected chi connectivity index (χ4v) is 4.01. The molecule has 1 aliphatic rings. The maximum absolute atomic E-state index is 13.6. The largest absolute Gasteiger partial charge is 0.334 e. The van der Waals surface area contributed by atoms with Gasteiger partial charge >= 0.3 is 0 Å². The highest BCUT2D eigenvalue weighted by atomic mass is 16.7. The van der Waals surface area contributed by atoms with Crippen molar-refractivity contribution < 1.29 is 9.63 Å². The van der Waals surface area contributed by atoms with Gasteiger partial charge in [-0.25, -0.2) is 0 Å². The Balaban J connectivity index is 2.44. The third kappa shape index (κ3) is 3.67. The molecule has 0 aliphatic carbocycles. The van der Waals surface area contributed by atoms with Crippen LogP contribution < -0.4 is 0 Å². The zero-order valence-electron chi connectivity index (χ0n) is 17.8. The van der Waals surface area contributed by atoms with Gasteiger partial charge in [-0.05, 0) is 59.9 Å². The van der Waals surface area contributed by atoms with Gasteiger partial charge in [0.05, 0.1) is 5.54 Å². The lowest BCUT2D eigenvalue weighted by molar-refractivity contribution is -0.311. The summed E-state index contributed by atoms with van der Waals surface area (Å²) < 4.78 is 0. The maximum atomic E-state index is 13.6. The fourth-order valence-electron chi connectivity index (χ4n) is 4.01. The van der Waals surface area contributed by atoms with Crippen LogP contribution in [0.1, 0.15) is 79.9 Å². The lowest BCUT2D eigenvalue weighted by Crippen LogP contribution is -2.75. The Kier molecular flexibility index (Phi) is 5.89. The Bertz CT molecular complexity index is 615. The predicted octanol–water partition coefficient (Wildman–Crippen LogP) is 4.96. The van der Waals surface area contributed by atoms with Gasteiger partial charge in [0.25, 0.3) is 0 Å². The van der Waals surface area contributed by atoms with E-state index in [9.17, 15) is 4.79 Å². The zero-order valence-corrected chi connectivity index (χ0v) is 17.8. The van der Waals surface area contributed by atoms with E-state index in [1.165, 1.54) is 0 Å². The smallest absolute Gasteiger partial charge is 0.245 e. The highest BCUT2D eigenvalue weighted by molar-refractivity contribution is 5.88. The topological polar surface area (TPSA) is 32.8 Å². The van der Waals surface area contributed by atoms with Crippen LogP contribution in [0.5, 0.6) is 0 Å². The Morgan fingerprint density at radius 1 is 1.12 bits per heavy atom. The van der Waals surface area contributed by atoms with Crippen LogP contribution in [-0.4, -0.2) is 39.0 Å². The average Bonchev–Trinajstić information content (AvgIpc) is 2.58. The minimum atomic E-state index is -0.641. The van der Waals surface area contributed by atoms with E-state index in [-0.39, 0.29) is 23.1 Å². The molecule has 4 nitrogen and oxygen atoms in total. The molecule has 1 aliphatic heterocycles. The second kappa shape index (κ2) is 7.32. The maximum Gasteiger partial charge on any atom is 0.245 e. The first-order chi connectivity index (χ1) is 12.0. The lowest BCUT2D eigenvalue weighted by atomic mass is 9.80. The van der Waals surface area contributed by atoms with Gasteiger partial charge < -0.3 is 4.90 Å². The number of rotatable bonds is 5. The van der Waals surface area contributed by atoms with Crippen LogP contribution in [0.15, 0.2) is 30.3 Å². The lowest BCUT2D eigenvalue weighted by Gasteiger charge is -2.59. The van der Waals surface area contributed by atoms with Crippen LogP contribution in [-0.2, 0) is 9.63 Å². The third-order valence-corrected chi connectivity index (χ3v) is 5.64. The molecular formula is C22H36N2O2. The van der Waals surface area contributed by atoms with Crippen molar-refractivity contribution in [2.24, 2.45) is 0 Å². The quantitative estimate of drug-likeness (QED) is 0.744. The second-order valence-electron chi connectivity index (χ2n) is 9.07. The number of hydrogen-bond acceptors (Lipinski definition) is 3. The zero-order chi connectivity index (χ0) is 19.8. The van der Waals surface area contributed by atoms with Gasteiger partial charge in [-0.3, -0.25) is 9.63 Å². The van der Waals surface area contributed by atoms with Crippen LogP contribution in [0.2, 0.25) is 0 Å². The summed E-state index contributed by atoms with van der Waals surface area (Å²) in [4.78, 5) is 22.1. The van der Waals surface area contributed by atoms with E-state index >= 15 is 0 Å². The van der Waals surface area contributed by atoms with Crippen LogP contribution in [0.4, 0.5) is 0 Å². The normalized spacial score (nSPS) is 21.7. The van der Waals surface area contributed by atoms with Crippen molar-refractivity contribution >= 4 is 5.91 Å². The van der Waals surface area contributed by atoms with E-state index in [1.807, 2.05) is 28.2 Å². The summed E-state index contributed by atoms with van der Waals surface area (Å²) in [7, 11) is 0. The molecule has 1 fully saturated rings. The summed E-state index contributed by atoms with van der Waals surface area (Å²) in [6.07, 6.45) is 1.33. The number of benzene rings is 1. The summed E-state index contributed by atoms with van der Waals surface area (Å²) in [5.74, 6) is 0.176. The number of piperazine rings is 1. The number of nitrogens with zero attached hydrogens (tertiary/aromatic N) is 2. The highest BCUT2D eigenvalue weighted by Crippen LogP contribution is 2.42. The van der Waals surface area contributed by atoms with Crippen molar-refractivity contribution in [3.63, 3.8) is 0 Å². The molecular weight excluding hydrogens is 324 g/mol. The van der Waals surface area contributed by atoms with Crippen LogP contribution >= 0.6 is 0 Å². The molecule has 1 aromatic rings. The van der Waals surface area contributed by atoms with Crippen molar-refractivity contribution in [1.29, 1.82) is 0 Å². The highest BCUT2D eigenvalue weighted by Gasteiger charge is 2.57. The van der Waals surface area contributed by atoms with Gasteiger partial charge in [0.2, 0.25) is 5.91 Å². The van der Waals surface area contributed by atoms with Gasteiger partial charge in [-0.1, -0.05) is 44.2 Å². The molecule has 1 aromatic carbocycles. The molecule has 1 saturated heterocycles. The summed E-state index contributed by atoms with van der Waals surface area (Å²) in [5.41, 5.74) is -0.00909. The Labute approximate surface area is 159 Å². The molecule has 0 radical (unpaired) electrons. The first-order valence-electron chi connectivity index (χ1n) is 9.83. The van der Waals surface area contributed by atoms with E-state index in [0.29, 0.717) is 6.54 Å². The molecule has 0 saturated carbocycles. The minimum absolute atomic E-state index is 0.109. The number of hydroxylamine groups is 2. The number of carbonyl (C=O) groups is 1. The van der Waals surface area contributed by atoms with Crippen molar-refractivity contribution in [1.82, 2.24) is 9.96 Å². The van der Waals surface area contributed by atoms with Crippen LogP contribution in [0.3, 0.4) is 0 Å². The Morgan fingerprint density at radius 2 is 1.65 bits per heavy atom. The first kappa shape index (κ1) is 20.9. The molecule has 1 amide bonds. The van der Waals surface area contributed by atoms with Crippen molar-refractivity contribution in [2.75, 3.05) is 6.54 Å². The van der Waals surface area contributed by atoms with E-state index in [1.54, 1.807) is 0 Å². The SMILES string of the molecule is CCC1(CC)C(=O)N(C(C)(C)C)CC(C)(C)N1OC(C)c1ccccc1. The Hall–Kier alpha value is -1.39. The molecule has 0 spiro atoms. The van der Waals surface area contributed by atoms with Gasteiger partial charge in [-0.2, -0.15) is 5.06 Å². The van der Waals surface area contributed by atoms with Gasteiger partial charge in [0, 0.05) is 12.1 Å². The molecule has 1 atom stereocenters. The second-order valence-corrected chi connectivity index (χ2v) is 9.07. The average molecular weight is 361 g/mol. The van der Waals surface area contributed by atoms with Crippen molar-refractivity contribution in [2.45, 2.75) is 91.0 Å². The molecule has 4 heteroatoms. The molecule has 0 bridgehead atoms. The molecule has 26 heavy (non-hydrogen) atoms. The van der Waals surface area contributed by atoms with E-state index < -0.39 is 5.54 Å². The summed E-state index contributed by atoms with van der Waals surface area (Å²) in [6.45, 7) is 17.6. The van der Waals surface area contributed by atoms with E-state index in [0.717, 1.165) is 18.4 Å². The predicted molar refractivity (Wildman–Crippen MR) is 107 cm³/mol. The molecule has 0 N–H and O–H groups in total. The van der Waals surface area contributed by atoms with Gasteiger partial charge in [0.15, 0.2) is 0 Å². The van der Waals surface area contributed by atoms with Crippen LogP contribution in [0, 0.1) is 0 Å². The number of hydrogen-bond donors (Lipinski definition) is 0. The third-order valence-electron chi connectivity index (χ3n) is 5.64. The number of amides is 1. The monoisotopic (exact) mass is 360 g/mol. The minimum Gasteiger partial charge on any atom is -0.334 e. The Morgan fingerprint density at radius 3 is 2.12 bits per heavy atom. The fraction of sp³-hybridized carbons (Fsp3) is 0.682. The molecule has 2 rings (SSSR count). The molecule has 1 unspecified atom stereocenters. The molecule has 1 heterocycles.